The number of alkyl halides is 1. The van der Waals surface area contributed by atoms with Crippen molar-refractivity contribution < 1.29 is 13.9 Å². The topological polar surface area (TPSA) is 65.0 Å². The van der Waals surface area contributed by atoms with Crippen LogP contribution < -0.4 is 4.74 Å². The zero-order chi connectivity index (χ0) is 17.6. The van der Waals surface area contributed by atoms with Gasteiger partial charge in [0.2, 0.25) is 0 Å². The van der Waals surface area contributed by atoms with Crippen molar-refractivity contribution in [3.8, 4) is 11.5 Å². The van der Waals surface area contributed by atoms with E-state index in [2.05, 4.69) is 15.0 Å². The predicted molar refractivity (Wildman–Crippen MR) is 90.6 cm³/mol. The van der Waals surface area contributed by atoms with Crippen molar-refractivity contribution in [1.29, 1.82) is 0 Å². The monoisotopic (exact) mass is 357 g/mol. The van der Waals surface area contributed by atoms with Crippen molar-refractivity contribution in [2.24, 2.45) is 0 Å². The summed E-state index contributed by atoms with van der Waals surface area (Å²) in [5.74, 6) is 0.636. The quantitative estimate of drug-likeness (QED) is 0.618. The molecule has 0 N–H and O–H groups in total. The fourth-order valence-corrected chi connectivity index (χ4v) is 2.45. The van der Waals surface area contributed by atoms with E-state index in [0.29, 0.717) is 33.5 Å². The van der Waals surface area contributed by atoms with Crippen LogP contribution in [0, 0.1) is 0 Å². The Morgan fingerprint density at radius 1 is 1.08 bits per heavy atom. The predicted octanol–water partition coefficient (Wildman–Crippen LogP) is 4.21. The van der Waals surface area contributed by atoms with Crippen LogP contribution in [0.2, 0.25) is 5.02 Å². The molecule has 0 aliphatic heterocycles. The first-order valence-electron chi connectivity index (χ1n) is 7.41. The van der Waals surface area contributed by atoms with Crippen molar-refractivity contribution in [2.45, 2.75) is 13.1 Å². The lowest BCUT2D eigenvalue weighted by Crippen LogP contribution is -2.06. The molecular weight excluding hydrogens is 345 g/mol. The average Bonchev–Trinajstić information content (AvgIpc) is 2.62. The fraction of sp³-hybridized carbons (Fsp3) is 0.111. The lowest BCUT2D eigenvalue weighted by Gasteiger charge is -2.08. The van der Waals surface area contributed by atoms with E-state index >= 15 is 0 Å². The molecule has 0 radical (unpaired) electrons. The van der Waals surface area contributed by atoms with Gasteiger partial charge in [0.1, 0.15) is 18.8 Å². The Bertz CT molecular complexity index is 890. The molecule has 3 aromatic rings. The Morgan fingerprint density at radius 3 is 2.60 bits per heavy atom. The largest absolute Gasteiger partial charge is 0.454 e. The van der Waals surface area contributed by atoms with Crippen molar-refractivity contribution >= 4 is 17.4 Å². The Kier molecular flexibility index (Phi) is 5.30. The molecule has 0 aliphatic rings. The lowest BCUT2D eigenvalue weighted by atomic mass is 10.1. The number of hydrogen-bond acceptors (Lipinski definition) is 5. The molecule has 1 aromatic carbocycles. The molecule has 0 unspecified atom stereocenters. The number of carbonyl (C=O) groups excluding carboxylic acids is 1. The van der Waals surface area contributed by atoms with Gasteiger partial charge in [-0.25, -0.2) is 14.4 Å². The normalized spacial score (nSPS) is 10.5. The highest BCUT2D eigenvalue weighted by Gasteiger charge is 2.12. The van der Waals surface area contributed by atoms with Crippen LogP contribution in [-0.2, 0) is 13.1 Å². The number of rotatable bonds is 6. The van der Waals surface area contributed by atoms with Crippen LogP contribution in [0.1, 0.15) is 21.7 Å². The van der Waals surface area contributed by atoms with Gasteiger partial charge in [-0.05, 0) is 30.3 Å². The molecule has 7 heteroatoms. The maximum absolute atomic E-state index is 12.7. The number of pyridine rings is 1. The summed E-state index contributed by atoms with van der Waals surface area (Å²) in [6, 6.07) is 9.65. The van der Waals surface area contributed by atoms with Gasteiger partial charge in [0.05, 0.1) is 24.5 Å². The number of halogens is 2. The highest BCUT2D eigenvalue weighted by atomic mass is 35.5. The van der Waals surface area contributed by atoms with Gasteiger partial charge in [0, 0.05) is 16.3 Å². The number of carbonyl (C=O) groups is 1. The third-order valence-electron chi connectivity index (χ3n) is 3.31. The first-order valence-corrected chi connectivity index (χ1v) is 7.79. The summed E-state index contributed by atoms with van der Waals surface area (Å²) in [5.41, 5.74) is 1.18. The number of Topliss-reactive ketones (excluding diaryl/α,β-unsaturated/α-hetero) is 1. The van der Waals surface area contributed by atoms with Crippen LogP contribution in [-0.4, -0.2) is 20.7 Å². The molecule has 2 heterocycles. The van der Waals surface area contributed by atoms with Crippen molar-refractivity contribution in [3.05, 3.63) is 77.1 Å². The summed E-state index contributed by atoms with van der Waals surface area (Å²) in [6.45, 7) is -0.670. The third kappa shape index (κ3) is 4.58. The molecule has 0 amide bonds. The molecule has 0 saturated carbocycles. The summed E-state index contributed by atoms with van der Waals surface area (Å²) in [7, 11) is 0. The van der Waals surface area contributed by atoms with E-state index in [9.17, 15) is 9.18 Å². The molecule has 126 valence electrons. The molecule has 5 nitrogen and oxygen atoms in total. The maximum Gasteiger partial charge on any atom is 0.169 e. The van der Waals surface area contributed by atoms with E-state index in [4.69, 9.17) is 16.3 Å². The molecule has 0 fully saturated rings. The molecule has 3 rings (SSSR count). The standard InChI is InChI=1S/C18H13ClFN3O2/c19-13-4-12(5-16(6-13)25-17-9-21-11-22-10-17)18(24)7-14-2-1-3-15(8-20)23-14/h1-6,9-11H,7-8H2. The summed E-state index contributed by atoms with van der Waals surface area (Å²) >= 11 is 6.08. The molecule has 0 bridgehead atoms. The summed E-state index contributed by atoms with van der Waals surface area (Å²) < 4.78 is 18.3. The first kappa shape index (κ1) is 17.0. The van der Waals surface area contributed by atoms with E-state index in [1.54, 1.807) is 36.4 Å². The molecule has 0 atom stereocenters. The van der Waals surface area contributed by atoms with E-state index in [1.165, 1.54) is 18.7 Å². The first-order chi connectivity index (χ1) is 12.1. The lowest BCUT2D eigenvalue weighted by molar-refractivity contribution is 0.0991. The highest BCUT2D eigenvalue weighted by Crippen LogP contribution is 2.26. The molecule has 0 spiro atoms. The van der Waals surface area contributed by atoms with Crippen LogP contribution in [0.25, 0.3) is 0 Å². The molecular formula is C18H13ClFN3O2. The number of nitrogens with zero attached hydrogens (tertiary/aromatic N) is 3. The average molecular weight is 358 g/mol. The molecule has 0 aliphatic carbocycles. The Labute approximate surface area is 148 Å². The van der Waals surface area contributed by atoms with Crippen LogP contribution in [0.4, 0.5) is 4.39 Å². The number of ketones is 1. The summed E-state index contributed by atoms with van der Waals surface area (Å²) in [4.78, 5) is 24.3. The van der Waals surface area contributed by atoms with Crippen molar-refractivity contribution in [2.75, 3.05) is 0 Å². The molecule has 25 heavy (non-hydrogen) atoms. The minimum absolute atomic E-state index is 0.0437. The van der Waals surface area contributed by atoms with Crippen LogP contribution >= 0.6 is 11.6 Å². The summed E-state index contributed by atoms with van der Waals surface area (Å²) in [5, 5.41) is 0.364. The second-order valence-electron chi connectivity index (χ2n) is 5.21. The Morgan fingerprint density at radius 2 is 1.84 bits per heavy atom. The van der Waals surface area contributed by atoms with Gasteiger partial charge in [0.15, 0.2) is 11.5 Å². The number of benzene rings is 1. The van der Waals surface area contributed by atoms with E-state index in [0.717, 1.165) is 0 Å². The minimum Gasteiger partial charge on any atom is -0.454 e. The van der Waals surface area contributed by atoms with Gasteiger partial charge in [-0.3, -0.25) is 9.78 Å². The van der Waals surface area contributed by atoms with Crippen LogP contribution in [0.5, 0.6) is 11.5 Å². The SMILES string of the molecule is O=C(Cc1cccc(CF)n1)c1cc(Cl)cc(Oc2cncnc2)c1. The second kappa shape index (κ2) is 7.81. The zero-order valence-electron chi connectivity index (χ0n) is 13.0. The zero-order valence-corrected chi connectivity index (χ0v) is 13.8. The van der Waals surface area contributed by atoms with Gasteiger partial charge in [-0.2, -0.15) is 0 Å². The van der Waals surface area contributed by atoms with E-state index in [1.807, 2.05) is 0 Å². The van der Waals surface area contributed by atoms with Crippen LogP contribution in [0.15, 0.2) is 55.1 Å². The number of ether oxygens (including phenoxy) is 1. The molecule has 2 aromatic heterocycles. The molecule has 0 saturated heterocycles. The Hall–Kier alpha value is -2.86. The van der Waals surface area contributed by atoms with E-state index in [-0.39, 0.29) is 12.2 Å². The van der Waals surface area contributed by atoms with Gasteiger partial charge in [0.25, 0.3) is 0 Å². The van der Waals surface area contributed by atoms with E-state index < -0.39 is 6.67 Å². The Balaban J connectivity index is 1.80. The third-order valence-corrected chi connectivity index (χ3v) is 3.53. The van der Waals surface area contributed by atoms with Gasteiger partial charge < -0.3 is 4.74 Å². The second-order valence-corrected chi connectivity index (χ2v) is 5.64. The fourth-order valence-electron chi connectivity index (χ4n) is 2.23. The van der Waals surface area contributed by atoms with Crippen LogP contribution in [0.3, 0.4) is 0 Å². The van der Waals surface area contributed by atoms with Gasteiger partial charge in [-0.1, -0.05) is 17.7 Å². The minimum atomic E-state index is -0.670. The smallest absolute Gasteiger partial charge is 0.169 e. The van der Waals surface area contributed by atoms with Gasteiger partial charge in [-0.15, -0.1) is 0 Å². The number of hydrogen-bond donors (Lipinski definition) is 0. The number of aromatic nitrogens is 3. The van der Waals surface area contributed by atoms with Crippen molar-refractivity contribution in [1.82, 2.24) is 15.0 Å². The summed E-state index contributed by atoms with van der Waals surface area (Å²) in [6.07, 6.45) is 4.43. The van der Waals surface area contributed by atoms with Crippen molar-refractivity contribution in [3.63, 3.8) is 0 Å². The highest BCUT2D eigenvalue weighted by molar-refractivity contribution is 6.31. The maximum atomic E-state index is 12.7. The van der Waals surface area contributed by atoms with Gasteiger partial charge >= 0.3 is 0 Å².